The first-order chi connectivity index (χ1) is 10.2. The molecule has 1 aromatic heterocycles. The van der Waals surface area contributed by atoms with E-state index >= 15 is 0 Å². The molecule has 3 rings (SSSR count). The lowest BCUT2D eigenvalue weighted by molar-refractivity contribution is -0.132. The number of benzene rings is 1. The molecule has 1 N–H and O–H groups in total. The van der Waals surface area contributed by atoms with E-state index in [4.69, 9.17) is 0 Å². The van der Waals surface area contributed by atoms with Crippen LogP contribution in [0.4, 0.5) is 0 Å². The van der Waals surface area contributed by atoms with Crippen molar-refractivity contribution in [2.24, 2.45) is 0 Å². The van der Waals surface area contributed by atoms with E-state index in [0.717, 1.165) is 25.1 Å². The van der Waals surface area contributed by atoms with Gasteiger partial charge in [0.2, 0.25) is 11.7 Å². The van der Waals surface area contributed by atoms with Crippen LogP contribution in [0, 0.1) is 0 Å². The SMILES string of the molecule is CN(C(=O)Cn1nnc(-c2ccccc2)n1)C1CCNC1.Cl. The van der Waals surface area contributed by atoms with Gasteiger partial charge in [0.05, 0.1) is 0 Å². The molecule has 0 aliphatic carbocycles. The molecule has 1 fully saturated rings. The molecule has 1 aromatic carbocycles. The smallest absolute Gasteiger partial charge is 0.246 e. The van der Waals surface area contributed by atoms with Crippen molar-refractivity contribution in [3.8, 4) is 11.4 Å². The van der Waals surface area contributed by atoms with E-state index in [1.165, 1.54) is 4.80 Å². The number of rotatable bonds is 4. The number of likely N-dealkylation sites (N-methyl/N-ethyl adjacent to an activating group) is 1. The van der Waals surface area contributed by atoms with Gasteiger partial charge in [0.15, 0.2) is 0 Å². The molecule has 1 aliphatic rings. The van der Waals surface area contributed by atoms with Crippen LogP contribution in [0.25, 0.3) is 11.4 Å². The van der Waals surface area contributed by atoms with Crippen LogP contribution in [0.2, 0.25) is 0 Å². The summed E-state index contributed by atoms with van der Waals surface area (Å²) in [5.41, 5.74) is 0.893. The van der Waals surface area contributed by atoms with Crippen molar-refractivity contribution in [2.45, 2.75) is 19.0 Å². The second-order valence-corrected chi connectivity index (χ2v) is 5.16. The maximum absolute atomic E-state index is 12.2. The summed E-state index contributed by atoms with van der Waals surface area (Å²) >= 11 is 0. The molecule has 1 amide bonds. The maximum Gasteiger partial charge on any atom is 0.246 e. The number of carbonyl (C=O) groups excluding carboxylic acids is 1. The quantitative estimate of drug-likeness (QED) is 0.891. The standard InChI is InChI=1S/C14H18N6O.ClH/c1-19(12-7-8-15-9-12)13(21)10-20-17-14(16-18-20)11-5-3-2-4-6-11;/h2-6,12,15H,7-10H2,1H3;1H. The lowest BCUT2D eigenvalue weighted by atomic mass is 10.2. The van der Waals surface area contributed by atoms with Crippen LogP contribution in [-0.4, -0.2) is 57.2 Å². The minimum Gasteiger partial charge on any atom is -0.340 e. The first kappa shape index (κ1) is 16.4. The fourth-order valence-corrected chi connectivity index (χ4v) is 2.42. The molecular formula is C14H19ClN6O. The van der Waals surface area contributed by atoms with Crippen LogP contribution in [-0.2, 0) is 11.3 Å². The summed E-state index contributed by atoms with van der Waals surface area (Å²) in [7, 11) is 1.83. The van der Waals surface area contributed by atoms with Gasteiger partial charge >= 0.3 is 0 Å². The zero-order valence-corrected chi connectivity index (χ0v) is 13.2. The summed E-state index contributed by atoms with van der Waals surface area (Å²) < 4.78 is 0. The first-order valence-electron chi connectivity index (χ1n) is 7.03. The molecule has 2 heterocycles. The lowest BCUT2D eigenvalue weighted by Gasteiger charge is -2.23. The van der Waals surface area contributed by atoms with Gasteiger partial charge < -0.3 is 10.2 Å². The topological polar surface area (TPSA) is 75.9 Å². The van der Waals surface area contributed by atoms with Crippen LogP contribution in [0.5, 0.6) is 0 Å². The van der Waals surface area contributed by atoms with Crippen LogP contribution in [0.3, 0.4) is 0 Å². The van der Waals surface area contributed by atoms with E-state index in [2.05, 4.69) is 20.7 Å². The molecule has 1 unspecified atom stereocenters. The Balaban J connectivity index is 0.00000176. The Morgan fingerprint density at radius 2 is 2.18 bits per heavy atom. The number of halogens is 1. The fraction of sp³-hybridized carbons (Fsp3) is 0.429. The highest BCUT2D eigenvalue weighted by Gasteiger charge is 2.23. The van der Waals surface area contributed by atoms with Gasteiger partial charge in [-0.25, -0.2) is 0 Å². The Morgan fingerprint density at radius 1 is 1.41 bits per heavy atom. The van der Waals surface area contributed by atoms with Crippen LogP contribution in [0.1, 0.15) is 6.42 Å². The normalized spacial score (nSPS) is 17.0. The summed E-state index contributed by atoms with van der Waals surface area (Å²) in [6, 6.07) is 9.86. The highest BCUT2D eigenvalue weighted by Crippen LogP contribution is 2.12. The summed E-state index contributed by atoms with van der Waals surface area (Å²) in [4.78, 5) is 15.3. The molecule has 7 nitrogen and oxygen atoms in total. The number of nitrogens with one attached hydrogen (secondary N) is 1. The molecular weight excluding hydrogens is 304 g/mol. The molecule has 1 aliphatic heterocycles. The van der Waals surface area contributed by atoms with Gasteiger partial charge in [0.25, 0.3) is 0 Å². The molecule has 1 atom stereocenters. The van der Waals surface area contributed by atoms with Crippen LogP contribution >= 0.6 is 12.4 Å². The Kier molecular flexibility index (Phi) is 5.46. The molecule has 0 spiro atoms. The van der Waals surface area contributed by atoms with E-state index in [1.807, 2.05) is 37.4 Å². The lowest BCUT2D eigenvalue weighted by Crippen LogP contribution is -2.40. The molecule has 0 saturated carbocycles. The van der Waals surface area contributed by atoms with Crippen molar-refractivity contribution < 1.29 is 4.79 Å². The Hall–Kier alpha value is -1.99. The monoisotopic (exact) mass is 322 g/mol. The van der Waals surface area contributed by atoms with E-state index in [1.54, 1.807) is 4.90 Å². The van der Waals surface area contributed by atoms with E-state index in [0.29, 0.717) is 5.82 Å². The number of aromatic nitrogens is 4. The van der Waals surface area contributed by atoms with E-state index in [-0.39, 0.29) is 30.9 Å². The third kappa shape index (κ3) is 3.61. The van der Waals surface area contributed by atoms with Gasteiger partial charge in [-0.05, 0) is 18.2 Å². The Bertz CT molecular complexity index is 611. The number of tetrazole rings is 1. The van der Waals surface area contributed by atoms with Gasteiger partial charge in [-0.2, -0.15) is 4.80 Å². The molecule has 0 radical (unpaired) electrons. The van der Waals surface area contributed by atoms with Gasteiger partial charge in [-0.1, -0.05) is 30.3 Å². The Morgan fingerprint density at radius 3 is 2.86 bits per heavy atom. The van der Waals surface area contributed by atoms with Crippen molar-refractivity contribution in [2.75, 3.05) is 20.1 Å². The van der Waals surface area contributed by atoms with Gasteiger partial charge in [-0.15, -0.1) is 22.6 Å². The van der Waals surface area contributed by atoms with Gasteiger partial charge in [0.1, 0.15) is 6.54 Å². The zero-order valence-electron chi connectivity index (χ0n) is 12.3. The molecule has 118 valence electrons. The number of hydrogen-bond donors (Lipinski definition) is 1. The second kappa shape index (κ2) is 7.33. The average Bonchev–Trinajstić information content (AvgIpc) is 3.19. The molecule has 0 bridgehead atoms. The van der Waals surface area contributed by atoms with Crippen molar-refractivity contribution >= 4 is 18.3 Å². The maximum atomic E-state index is 12.2. The highest BCUT2D eigenvalue weighted by atomic mass is 35.5. The van der Waals surface area contributed by atoms with Gasteiger partial charge in [0, 0.05) is 25.2 Å². The molecule has 1 saturated heterocycles. The summed E-state index contributed by atoms with van der Waals surface area (Å²) in [6.45, 7) is 1.93. The number of hydrogen-bond acceptors (Lipinski definition) is 5. The second-order valence-electron chi connectivity index (χ2n) is 5.16. The fourth-order valence-electron chi connectivity index (χ4n) is 2.42. The summed E-state index contributed by atoms with van der Waals surface area (Å²) in [6.07, 6.45) is 0.988. The Labute approximate surface area is 135 Å². The van der Waals surface area contributed by atoms with Crippen LogP contribution < -0.4 is 5.32 Å². The van der Waals surface area contributed by atoms with Crippen molar-refractivity contribution in [1.82, 2.24) is 30.4 Å². The van der Waals surface area contributed by atoms with Crippen molar-refractivity contribution in [1.29, 1.82) is 0 Å². The number of nitrogens with zero attached hydrogens (tertiary/aromatic N) is 5. The van der Waals surface area contributed by atoms with Gasteiger partial charge in [-0.3, -0.25) is 4.79 Å². The molecule has 8 heteroatoms. The summed E-state index contributed by atoms with van der Waals surface area (Å²) in [5, 5.41) is 15.5. The first-order valence-corrected chi connectivity index (χ1v) is 7.03. The third-order valence-electron chi connectivity index (χ3n) is 3.74. The number of carbonyl (C=O) groups is 1. The van der Waals surface area contributed by atoms with Crippen molar-refractivity contribution in [3.05, 3.63) is 30.3 Å². The minimum absolute atomic E-state index is 0. The minimum atomic E-state index is 0. The van der Waals surface area contributed by atoms with Crippen molar-refractivity contribution in [3.63, 3.8) is 0 Å². The largest absolute Gasteiger partial charge is 0.340 e. The summed E-state index contributed by atoms with van der Waals surface area (Å²) in [5.74, 6) is 0.536. The van der Waals surface area contributed by atoms with E-state index in [9.17, 15) is 4.79 Å². The molecule has 22 heavy (non-hydrogen) atoms. The highest BCUT2D eigenvalue weighted by molar-refractivity contribution is 5.85. The average molecular weight is 323 g/mol. The predicted octanol–water partition coefficient (Wildman–Crippen LogP) is 0.582. The zero-order chi connectivity index (χ0) is 14.7. The molecule has 2 aromatic rings. The van der Waals surface area contributed by atoms with Crippen LogP contribution in [0.15, 0.2) is 30.3 Å². The predicted molar refractivity (Wildman–Crippen MR) is 84.5 cm³/mol. The third-order valence-corrected chi connectivity index (χ3v) is 3.74. The number of amides is 1. The van der Waals surface area contributed by atoms with E-state index < -0.39 is 0 Å².